The Kier molecular flexibility index (Phi) is 6.27. The minimum absolute atomic E-state index is 0.0790. The molecule has 6 heteroatoms. The molecular formula is C17H24FN3O2. The van der Waals surface area contributed by atoms with Crippen LogP contribution in [0.3, 0.4) is 0 Å². The molecule has 0 aliphatic rings. The second-order valence-corrected chi connectivity index (χ2v) is 5.61. The molecule has 0 amide bonds. The van der Waals surface area contributed by atoms with Crippen LogP contribution in [0, 0.1) is 19.7 Å². The van der Waals surface area contributed by atoms with E-state index in [0.29, 0.717) is 19.5 Å². The summed E-state index contributed by atoms with van der Waals surface area (Å²) in [6, 6.07) is 6.25. The van der Waals surface area contributed by atoms with Crippen LogP contribution in [0.15, 0.2) is 24.3 Å². The average molecular weight is 321 g/mol. The molecule has 126 valence electrons. The minimum atomic E-state index is -0.270. The van der Waals surface area contributed by atoms with E-state index < -0.39 is 0 Å². The van der Waals surface area contributed by atoms with Crippen LogP contribution in [-0.4, -0.2) is 51.2 Å². The van der Waals surface area contributed by atoms with Crippen molar-refractivity contribution in [2.75, 3.05) is 26.3 Å². The molecular weight excluding hydrogens is 297 g/mol. The highest BCUT2D eigenvalue weighted by Crippen LogP contribution is 2.20. The molecule has 1 aromatic heterocycles. The fourth-order valence-electron chi connectivity index (χ4n) is 2.67. The van der Waals surface area contributed by atoms with Crippen LogP contribution in [0.25, 0.3) is 5.69 Å². The number of nitrogens with zero attached hydrogens (tertiary/aromatic N) is 3. The fourth-order valence-corrected chi connectivity index (χ4v) is 2.67. The lowest BCUT2D eigenvalue weighted by molar-refractivity contribution is 0.174. The van der Waals surface area contributed by atoms with Crippen LogP contribution in [0.1, 0.15) is 23.4 Å². The van der Waals surface area contributed by atoms with E-state index in [-0.39, 0.29) is 19.0 Å². The quantitative estimate of drug-likeness (QED) is 0.778. The number of benzene rings is 1. The molecule has 1 heterocycles. The first-order chi connectivity index (χ1) is 11.1. The van der Waals surface area contributed by atoms with Crippen LogP contribution >= 0.6 is 0 Å². The monoisotopic (exact) mass is 321 g/mol. The Labute approximate surface area is 136 Å². The third-order valence-corrected chi connectivity index (χ3v) is 3.94. The van der Waals surface area contributed by atoms with Crippen molar-refractivity contribution in [3.05, 3.63) is 47.0 Å². The van der Waals surface area contributed by atoms with E-state index in [9.17, 15) is 9.50 Å². The maximum Gasteiger partial charge on any atom is 0.123 e. The molecule has 0 aliphatic heterocycles. The van der Waals surface area contributed by atoms with Crippen molar-refractivity contribution < 1.29 is 14.6 Å². The van der Waals surface area contributed by atoms with E-state index in [0.717, 1.165) is 29.2 Å². The number of rotatable bonds is 8. The largest absolute Gasteiger partial charge is 0.396 e. The summed E-state index contributed by atoms with van der Waals surface area (Å²) in [5.41, 5.74) is 3.84. The van der Waals surface area contributed by atoms with Gasteiger partial charge in [-0.25, -0.2) is 9.07 Å². The van der Waals surface area contributed by atoms with E-state index in [4.69, 9.17) is 5.11 Å². The highest BCUT2D eigenvalue weighted by atomic mass is 19.1. The van der Waals surface area contributed by atoms with Gasteiger partial charge < -0.3 is 10.2 Å². The van der Waals surface area contributed by atoms with Crippen LogP contribution in [0.2, 0.25) is 0 Å². The van der Waals surface area contributed by atoms with Crippen LogP contribution in [0.5, 0.6) is 0 Å². The molecule has 0 aliphatic carbocycles. The zero-order valence-electron chi connectivity index (χ0n) is 13.7. The summed E-state index contributed by atoms with van der Waals surface area (Å²) in [7, 11) is 0. The van der Waals surface area contributed by atoms with Crippen LogP contribution in [0.4, 0.5) is 4.39 Å². The number of halogens is 1. The summed E-state index contributed by atoms with van der Waals surface area (Å²) in [4.78, 5) is 2.10. The lowest BCUT2D eigenvalue weighted by Gasteiger charge is -2.21. The van der Waals surface area contributed by atoms with Gasteiger partial charge in [-0.1, -0.05) is 0 Å². The van der Waals surface area contributed by atoms with E-state index >= 15 is 0 Å². The van der Waals surface area contributed by atoms with Crippen molar-refractivity contribution in [3.8, 4) is 5.69 Å². The van der Waals surface area contributed by atoms with Crippen molar-refractivity contribution in [2.24, 2.45) is 0 Å². The van der Waals surface area contributed by atoms with Crippen LogP contribution < -0.4 is 0 Å². The first-order valence-electron chi connectivity index (χ1n) is 7.82. The number of aliphatic hydroxyl groups is 2. The van der Waals surface area contributed by atoms with E-state index in [1.165, 1.54) is 12.1 Å². The van der Waals surface area contributed by atoms with Gasteiger partial charge in [-0.05, 0) is 44.5 Å². The number of aromatic nitrogens is 2. The molecule has 0 saturated carbocycles. The molecule has 5 nitrogen and oxygen atoms in total. The molecule has 2 aromatic rings. The molecule has 0 fully saturated rings. The van der Waals surface area contributed by atoms with Gasteiger partial charge >= 0.3 is 0 Å². The predicted molar refractivity (Wildman–Crippen MR) is 87.1 cm³/mol. The summed E-state index contributed by atoms with van der Waals surface area (Å²) in [5.74, 6) is -0.270. The van der Waals surface area contributed by atoms with Crippen molar-refractivity contribution in [1.82, 2.24) is 14.7 Å². The first kappa shape index (κ1) is 17.6. The van der Waals surface area contributed by atoms with Crippen molar-refractivity contribution in [1.29, 1.82) is 0 Å². The number of hydrogen-bond acceptors (Lipinski definition) is 4. The zero-order valence-corrected chi connectivity index (χ0v) is 13.7. The lowest BCUT2D eigenvalue weighted by Crippen LogP contribution is -2.28. The Morgan fingerprint density at radius 2 is 1.78 bits per heavy atom. The molecule has 0 saturated heterocycles. The Balaban J connectivity index is 2.24. The van der Waals surface area contributed by atoms with Crippen molar-refractivity contribution in [2.45, 2.75) is 26.8 Å². The van der Waals surface area contributed by atoms with Gasteiger partial charge in [0.25, 0.3) is 0 Å². The number of aryl methyl sites for hydroxylation is 1. The number of aliphatic hydroxyl groups excluding tert-OH is 2. The minimum Gasteiger partial charge on any atom is -0.396 e. The predicted octanol–water partition coefficient (Wildman–Crippen LogP) is 1.80. The molecule has 23 heavy (non-hydrogen) atoms. The summed E-state index contributed by atoms with van der Waals surface area (Å²) >= 11 is 0. The van der Waals surface area contributed by atoms with E-state index in [1.807, 2.05) is 18.5 Å². The van der Waals surface area contributed by atoms with Gasteiger partial charge in [-0.2, -0.15) is 5.10 Å². The normalized spacial score (nSPS) is 11.4. The highest BCUT2D eigenvalue weighted by molar-refractivity contribution is 5.37. The van der Waals surface area contributed by atoms with Crippen molar-refractivity contribution in [3.63, 3.8) is 0 Å². The topological polar surface area (TPSA) is 61.5 Å². The molecule has 0 atom stereocenters. The SMILES string of the molecule is Cc1nn(-c2ccc(F)cc2)c(C)c1CN(CCO)CCCO. The van der Waals surface area contributed by atoms with E-state index in [2.05, 4.69) is 10.00 Å². The van der Waals surface area contributed by atoms with Gasteiger partial charge in [-0.3, -0.25) is 4.90 Å². The molecule has 2 rings (SSSR count). The zero-order chi connectivity index (χ0) is 16.8. The summed E-state index contributed by atoms with van der Waals surface area (Å²) in [6.45, 7) is 6.09. The Hall–Kier alpha value is -1.76. The third kappa shape index (κ3) is 4.37. The Bertz CT molecular complexity index is 626. The van der Waals surface area contributed by atoms with Crippen LogP contribution in [-0.2, 0) is 6.54 Å². The first-order valence-corrected chi connectivity index (χ1v) is 7.82. The Morgan fingerprint density at radius 1 is 1.09 bits per heavy atom. The second-order valence-electron chi connectivity index (χ2n) is 5.61. The maximum absolute atomic E-state index is 13.1. The fraction of sp³-hybridized carbons (Fsp3) is 0.471. The van der Waals surface area contributed by atoms with Gasteiger partial charge in [0.15, 0.2) is 0 Å². The van der Waals surface area contributed by atoms with Crippen molar-refractivity contribution >= 4 is 0 Å². The van der Waals surface area contributed by atoms with Gasteiger partial charge in [0.1, 0.15) is 5.82 Å². The average Bonchev–Trinajstić information content (AvgIpc) is 2.81. The van der Waals surface area contributed by atoms with Gasteiger partial charge in [0.05, 0.1) is 18.0 Å². The van der Waals surface area contributed by atoms with E-state index in [1.54, 1.807) is 12.1 Å². The Morgan fingerprint density at radius 3 is 2.39 bits per heavy atom. The standard InChI is InChI=1S/C17H24FN3O2/c1-13-17(12-20(9-11-23)8-3-10-22)14(2)21(19-13)16-6-4-15(18)5-7-16/h4-7,22-23H,3,8-12H2,1-2H3. The molecule has 2 N–H and O–H groups in total. The van der Waals surface area contributed by atoms with Gasteiger partial charge in [0.2, 0.25) is 0 Å². The molecule has 0 unspecified atom stereocenters. The summed E-state index contributed by atoms with van der Waals surface area (Å²) in [6.07, 6.45) is 0.671. The maximum atomic E-state index is 13.1. The number of hydrogen-bond donors (Lipinski definition) is 2. The molecule has 0 bridgehead atoms. The second kappa shape index (κ2) is 8.19. The lowest BCUT2D eigenvalue weighted by atomic mass is 10.1. The smallest absolute Gasteiger partial charge is 0.123 e. The summed E-state index contributed by atoms with van der Waals surface area (Å²) < 4.78 is 14.9. The molecule has 0 radical (unpaired) electrons. The third-order valence-electron chi connectivity index (χ3n) is 3.94. The van der Waals surface area contributed by atoms with Gasteiger partial charge in [-0.15, -0.1) is 0 Å². The molecule has 0 spiro atoms. The highest BCUT2D eigenvalue weighted by Gasteiger charge is 2.16. The van der Waals surface area contributed by atoms with Gasteiger partial charge in [0, 0.05) is 37.5 Å². The summed E-state index contributed by atoms with van der Waals surface area (Å²) in [5, 5.41) is 22.8. The molecule has 1 aromatic carbocycles.